The highest BCUT2D eigenvalue weighted by atomic mass is 32.2. The summed E-state index contributed by atoms with van der Waals surface area (Å²) < 4.78 is 25.0. The second kappa shape index (κ2) is 9.31. The molecule has 25 heavy (non-hydrogen) atoms. The maximum Gasteiger partial charge on any atom is 0.242 e. The number of benzene rings is 1. The topological polar surface area (TPSA) is 69.7 Å². The predicted octanol–water partition coefficient (Wildman–Crippen LogP) is 1.61. The molecule has 0 radical (unpaired) electrons. The number of hydrogen-bond donors (Lipinski definition) is 1. The number of amides is 1. The van der Waals surface area contributed by atoms with E-state index in [1.54, 1.807) is 12.1 Å². The van der Waals surface area contributed by atoms with Crippen LogP contribution in [-0.2, 0) is 14.8 Å². The minimum absolute atomic E-state index is 0.280. The van der Waals surface area contributed by atoms with Crippen LogP contribution >= 0.6 is 0 Å². The van der Waals surface area contributed by atoms with Crippen molar-refractivity contribution in [3.8, 4) is 0 Å². The van der Waals surface area contributed by atoms with Gasteiger partial charge in [0.15, 0.2) is 0 Å². The molecule has 0 aliphatic carbocycles. The van der Waals surface area contributed by atoms with Gasteiger partial charge in [0.1, 0.15) is 6.04 Å². The van der Waals surface area contributed by atoms with Gasteiger partial charge in [-0.05, 0) is 44.5 Å². The lowest BCUT2D eigenvalue weighted by Gasteiger charge is -2.27. The first-order valence-corrected chi connectivity index (χ1v) is 10.7. The molecule has 1 amide bonds. The van der Waals surface area contributed by atoms with E-state index in [1.165, 1.54) is 26.3 Å². The van der Waals surface area contributed by atoms with Gasteiger partial charge in [-0.3, -0.25) is 4.79 Å². The molecule has 7 heteroatoms. The minimum Gasteiger partial charge on any atom is -0.354 e. The predicted molar refractivity (Wildman–Crippen MR) is 99.7 cm³/mol. The number of carbonyl (C=O) groups is 1. The number of likely N-dealkylation sites (tertiary alicyclic amines) is 1. The van der Waals surface area contributed by atoms with E-state index in [4.69, 9.17) is 0 Å². The van der Waals surface area contributed by atoms with Crippen LogP contribution in [0.5, 0.6) is 0 Å². The van der Waals surface area contributed by atoms with Crippen LogP contribution in [0.4, 0.5) is 0 Å². The lowest BCUT2D eigenvalue weighted by atomic mass is 10.1. The van der Waals surface area contributed by atoms with Gasteiger partial charge >= 0.3 is 0 Å². The van der Waals surface area contributed by atoms with Gasteiger partial charge < -0.3 is 10.2 Å². The van der Waals surface area contributed by atoms with Gasteiger partial charge in [-0.15, -0.1) is 0 Å². The van der Waals surface area contributed by atoms with Crippen LogP contribution in [0.1, 0.15) is 37.3 Å². The maximum atomic E-state index is 12.7. The van der Waals surface area contributed by atoms with E-state index in [-0.39, 0.29) is 5.91 Å². The van der Waals surface area contributed by atoms with Crippen molar-refractivity contribution in [2.24, 2.45) is 0 Å². The van der Waals surface area contributed by atoms with E-state index < -0.39 is 16.1 Å². The molecule has 1 aromatic carbocycles. The van der Waals surface area contributed by atoms with Gasteiger partial charge in [0.05, 0.1) is 6.26 Å². The van der Waals surface area contributed by atoms with Crippen molar-refractivity contribution < 1.29 is 13.2 Å². The number of piperidine rings is 1. The van der Waals surface area contributed by atoms with Crippen LogP contribution in [0.25, 0.3) is 0 Å². The average molecular weight is 368 g/mol. The molecule has 1 N–H and O–H groups in total. The van der Waals surface area contributed by atoms with Crippen LogP contribution in [0, 0.1) is 0 Å². The lowest BCUT2D eigenvalue weighted by molar-refractivity contribution is -0.124. The summed E-state index contributed by atoms with van der Waals surface area (Å²) in [6, 6.07) is 8.17. The van der Waals surface area contributed by atoms with Crippen molar-refractivity contribution in [1.82, 2.24) is 14.5 Å². The summed E-state index contributed by atoms with van der Waals surface area (Å²) in [6.07, 6.45) is 5.80. The highest BCUT2D eigenvalue weighted by molar-refractivity contribution is 7.88. The molecule has 140 valence electrons. The zero-order valence-electron chi connectivity index (χ0n) is 15.1. The zero-order valence-corrected chi connectivity index (χ0v) is 16.0. The molecular weight excluding hydrogens is 338 g/mol. The Morgan fingerprint density at radius 3 is 2.44 bits per heavy atom. The maximum absolute atomic E-state index is 12.7. The smallest absolute Gasteiger partial charge is 0.242 e. The zero-order chi connectivity index (χ0) is 18.3. The molecule has 0 saturated carbocycles. The van der Waals surface area contributed by atoms with E-state index in [9.17, 15) is 13.2 Å². The summed E-state index contributed by atoms with van der Waals surface area (Å²) in [7, 11) is -2.03. The molecule has 2 rings (SSSR count). The highest BCUT2D eigenvalue weighted by Gasteiger charge is 2.30. The fourth-order valence-electron chi connectivity index (χ4n) is 3.15. The van der Waals surface area contributed by atoms with E-state index in [1.807, 2.05) is 18.2 Å². The molecule has 6 nitrogen and oxygen atoms in total. The van der Waals surface area contributed by atoms with Gasteiger partial charge in [0.25, 0.3) is 0 Å². The van der Waals surface area contributed by atoms with Crippen LogP contribution in [-0.4, -0.2) is 63.0 Å². The first-order chi connectivity index (χ1) is 11.9. The molecule has 1 aliphatic rings. The SMILES string of the molecule is CN(C(C(=O)NCCCN1CCCCC1)c1ccccc1)S(C)(=O)=O. The quantitative estimate of drug-likeness (QED) is 0.709. The lowest BCUT2D eigenvalue weighted by Crippen LogP contribution is -2.42. The van der Waals surface area contributed by atoms with Crippen LogP contribution in [0.2, 0.25) is 0 Å². The molecule has 1 fully saturated rings. The summed E-state index contributed by atoms with van der Waals surface area (Å²) in [5, 5.41) is 2.90. The molecule has 0 aromatic heterocycles. The standard InChI is InChI=1S/C18H29N3O3S/c1-20(25(2,23)24)17(16-10-5-3-6-11-16)18(22)19-12-9-15-21-13-7-4-8-14-21/h3,5-6,10-11,17H,4,7-9,12-15H2,1-2H3,(H,19,22). The Labute approximate surface area is 151 Å². The number of likely N-dealkylation sites (N-methyl/N-ethyl adjacent to an activating group) is 1. The summed E-state index contributed by atoms with van der Waals surface area (Å²) in [5.74, 6) is -0.280. The fourth-order valence-corrected chi connectivity index (χ4v) is 3.75. The Kier molecular flexibility index (Phi) is 7.40. The Bertz CT molecular complexity index is 643. The van der Waals surface area contributed by atoms with Gasteiger partial charge in [-0.25, -0.2) is 8.42 Å². The third-order valence-electron chi connectivity index (χ3n) is 4.65. The third-order valence-corrected chi connectivity index (χ3v) is 5.91. The normalized spacial score (nSPS) is 17.4. The Morgan fingerprint density at radius 1 is 1.20 bits per heavy atom. The van der Waals surface area contributed by atoms with Gasteiger partial charge in [-0.2, -0.15) is 4.31 Å². The monoisotopic (exact) mass is 367 g/mol. The van der Waals surface area contributed by atoms with Crippen molar-refractivity contribution >= 4 is 15.9 Å². The fraction of sp³-hybridized carbons (Fsp3) is 0.611. The average Bonchev–Trinajstić information content (AvgIpc) is 2.60. The number of sulfonamides is 1. The largest absolute Gasteiger partial charge is 0.354 e. The molecule has 1 saturated heterocycles. The Hall–Kier alpha value is -1.44. The second-order valence-electron chi connectivity index (χ2n) is 6.64. The van der Waals surface area contributed by atoms with Crippen LogP contribution in [0.15, 0.2) is 30.3 Å². The molecule has 1 heterocycles. The number of nitrogens with one attached hydrogen (secondary N) is 1. The highest BCUT2D eigenvalue weighted by Crippen LogP contribution is 2.21. The van der Waals surface area contributed by atoms with Crippen LogP contribution in [0.3, 0.4) is 0 Å². The van der Waals surface area contributed by atoms with E-state index in [0.717, 1.165) is 36.6 Å². The van der Waals surface area contributed by atoms with Gasteiger partial charge in [-0.1, -0.05) is 36.8 Å². The van der Waals surface area contributed by atoms with Crippen molar-refractivity contribution in [3.05, 3.63) is 35.9 Å². The van der Waals surface area contributed by atoms with Crippen molar-refractivity contribution in [2.45, 2.75) is 31.7 Å². The van der Waals surface area contributed by atoms with Crippen molar-refractivity contribution in [2.75, 3.05) is 39.5 Å². The third kappa shape index (κ3) is 6.09. The molecule has 0 spiro atoms. The van der Waals surface area contributed by atoms with E-state index >= 15 is 0 Å². The molecule has 1 aromatic rings. The van der Waals surface area contributed by atoms with E-state index in [0.29, 0.717) is 12.1 Å². The minimum atomic E-state index is -3.48. The summed E-state index contributed by atoms with van der Waals surface area (Å²) in [4.78, 5) is 15.1. The first-order valence-electron chi connectivity index (χ1n) is 8.87. The summed E-state index contributed by atoms with van der Waals surface area (Å²) in [5.41, 5.74) is 0.670. The number of rotatable bonds is 8. The van der Waals surface area contributed by atoms with Crippen molar-refractivity contribution in [1.29, 1.82) is 0 Å². The number of hydrogen-bond acceptors (Lipinski definition) is 4. The molecule has 1 atom stereocenters. The molecule has 1 aliphatic heterocycles. The Balaban J connectivity index is 1.93. The first kappa shape index (κ1) is 19.9. The second-order valence-corrected chi connectivity index (χ2v) is 8.68. The molecule has 0 bridgehead atoms. The molecule has 1 unspecified atom stereocenters. The Morgan fingerprint density at radius 2 is 1.84 bits per heavy atom. The number of nitrogens with zero attached hydrogens (tertiary/aromatic N) is 2. The number of carbonyl (C=O) groups excluding carboxylic acids is 1. The molecular formula is C18H29N3O3S. The van der Waals surface area contributed by atoms with Gasteiger partial charge in [0.2, 0.25) is 15.9 Å². The van der Waals surface area contributed by atoms with Gasteiger partial charge in [0, 0.05) is 13.6 Å². The summed E-state index contributed by atoms with van der Waals surface area (Å²) >= 11 is 0. The van der Waals surface area contributed by atoms with E-state index in [2.05, 4.69) is 10.2 Å². The van der Waals surface area contributed by atoms with Crippen molar-refractivity contribution in [3.63, 3.8) is 0 Å². The van der Waals surface area contributed by atoms with Crippen LogP contribution < -0.4 is 5.32 Å². The summed E-state index contributed by atoms with van der Waals surface area (Å²) in [6.45, 7) is 3.79.